The number of amides is 1. The molecular formula is C9H6ClF3N2O4. The summed E-state index contributed by atoms with van der Waals surface area (Å²) >= 11 is 5.59. The number of hydroxylamine groups is 1. The molecule has 0 aliphatic carbocycles. The third kappa shape index (κ3) is 4.72. The van der Waals surface area contributed by atoms with E-state index in [2.05, 4.69) is 4.84 Å². The topological polar surface area (TPSA) is 81.5 Å². The number of halogens is 4. The molecule has 0 saturated heterocycles. The number of non-ortho nitro benzene ring substituents is 1. The molecule has 0 radical (unpaired) electrons. The second kappa shape index (κ2) is 5.85. The second-order valence-electron chi connectivity index (χ2n) is 3.26. The van der Waals surface area contributed by atoms with Crippen molar-refractivity contribution in [3.05, 3.63) is 38.9 Å². The van der Waals surface area contributed by atoms with Crippen LogP contribution in [-0.4, -0.2) is 23.6 Å². The highest BCUT2D eigenvalue weighted by molar-refractivity contribution is 6.34. The quantitative estimate of drug-likeness (QED) is 0.684. The highest BCUT2D eigenvalue weighted by Gasteiger charge is 2.28. The normalized spacial score (nSPS) is 11.2. The Kier molecular flexibility index (Phi) is 4.67. The molecule has 0 unspecified atom stereocenters. The summed E-state index contributed by atoms with van der Waals surface area (Å²) in [7, 11) is 0. The van der Waals surface area contributed by atoms with Crippen molar-refractivity contribution in [1.29, 1.82) is 0 Å². The van der Waals surface area contributed by atoms with Crippen LogP contribution in [0, 0.1) is 10.1 Å². The number of alkyl halides is 3. The molecule has 0 aromatic heterocycles. The lowest BCUT2D eigenvalue weighted by Gasteiger charge is -2.08. The van der Waals surface area contributed by atoms with Crippen molar-refractivity contribution in [2.45, 2.75) is 6.18 Å². The Morgan fingerprint density at radius 2 is 2.11 bits per heavy atom. The lowest BCUT2D eigenvalue weighted by molar-refractivity contribution is -0.384. The molecule has 0 spiro atoms. The number of nitro groups is 1. The van der Waals surface area contributed by atoms with Crippen LogP contribution in [0.5, 0.6) is 0 Å². The maximum Gasteiger partial charge on any atom is 0.414 e. The summed E-state index contributed by atoms with van der Waals surface area (Å²) in [6, 6.07) is 2.90. The number of nitro benzene ring substituents is 1. The molecule has 1 amide bonds. The van der Waals surface area contributed by atoms with Gasteiger partial charge in [0, 0.05) is 12.1 Å². The van der Waals surface area contributed by atoms with Gasteiger partial charge in [-0.15, -0.1) is 0 Å². The predicted molar refractivity (Wildman–Crippen MR) is 57.6 cm³/mol. The molecule has 1 aromatic carbocycles. The van der Waals surface area contributed by atoms with Crippen molar-refractivity contribution in [2.75, 3.05) is 6.61 Å². The number of nitrogens with one attached hydrogen (secondary N) is 1. The average Bonchev–Trinajstić information content (AvgIpc) is 2.26. The minimum atomic E-state index is -4.59. The fourth-order valence-corrected chi connectivity index (χ4v) is 1.30. The first-order valence-electron chi connectivity index (χ1n) is 4.63. The van der Waals surface area contributed by atoms with Crippen LogP contribution in [0.4, 0.5) is 18.9 Å². The summed E-state index contributed by atoms with van der Waals surface area (Å²) in [5.41, 5.74) is 0.941. The summed E-state index contributed by atoms with van der Waals surface area (Å²) in [6.45, 7) is -1.66. The van der Waals surface area contributed by atoms with Crippen LogP contribution in [0.25, 0.3) is 0 Å². The minimum absolute atomic E-state index is 0.241. The molecule has 0 fully saturated rings. The highest BCUT2D eigenvalue weighted by atomic mass is 35.5. The standard InChI is InChI=1S/C9H6ClF3N2O4/c10-7-3-5(15(17)18)1-2-6(7)8(16)14-19-4-9(11,12)13/h1-3H,4H2,(H,14,16). The van der Waals surface area contributed by atoms with Crippen LogP contribution in [0.2, 0.25) is 5.02 Å². The Morgan fingerprint density at radius 3 is 2.58 bits per heavy atom. The van der Waals surface area contributed by atoms with Gasteiger partial charge in [0.15, 0.2) is 6.61 Å². The van der Waals surface area contributed by atoms with Gasteiger partial charge < -0.3 is 0 Å². The van der Waals surface area contributed by atoms with Crippen molar-refractivity contribution in [2.24, 2.45) is 0 Å². The molecule has 0 bridgehead atoms. The van der Waals surface area contributed by atoms with Gasteiger partial charge in [-0.05, 0) is 6.07 Å². The molecule has 1 aromatic rings. The summed E-state index contributed by atoms with van der Waals surface area (Å²) in [5, 5.41) is 10.1. The Hall–Kier alpha value is -1.87. The van der Waals surface area contributed by atoms with Gasteiger partial charge in [-0.1, -0.05) is 11.6 Å². The number of carbonyl (C=O) groups is 1. The number of rotatable bonds is 4. The average molecular weight is 299 g/mol. The summed E-state index contributed by atoms with van der Waals surface area (Å²) < 4.78 is 35.3. The van der Waals surface area contributed by atoms with Gasteiger partial charge in [-0.2, -0.15) is 13.2 Å². The van der Waals surface area contributed by atoms with E-state index in [-0.39, 0.29) is 16.3 Å². The maximum atomic E-state index is 11.8. The molecular weight excluding hydrogens is 293 g/mol. The molecule has 10 heteroatoms. The van der Waals surface area contributed by atoms with E-state index in [9.17, 15) is 28.1 Å². The zero-order valence-corrected chi connectivity index (χ0v) is 9.79. The fraction of sp³-hybridized carbons (Fsp3) is 0.222. The third-order valence-electron chi connectivity index (χ3n) is 1.81. The van der Waals surface area contributed by atoms with Gasteiger partial charge in [0.1, 0.15) is 0 Å². The maximum absolute atomic E-state index is 11.8. The Balaban J connectivity index is 2.70. The second-order valence-corrected chi connectivity index (χ2v) is 3.66. The van der Waals surface area contributed by atoms with E-state index in [1.54, 1.807) is 0 Å². The van der Waals surface area contributed by atoms with Crippen LogP contribution < -0.4 is 5.48 Å². The van der Waals surface area contributed by atoms with E-state index in [0.29, 0.717) is 0 Å². The Bertz CT molecular complexity index is 507. The van der Waals surface area contributed by atoms with Gasteiger partial charge in [0.2, 0.25) is 0 Å². The highest BCUT2D eigenvalue weighted by Crippen LogP contribution is 2.22. The number of hydrogen-bond acceptors (Lipinski definition) is 4. The van der Waals surface area contributed by atoms with Gasteiger partial charge in [0.05, 0.1) is 15.5 Å². The zero-order valence-electron chi connectivity index (χ0n) is 9.03. The Morgan fingerprint density at radius 1 is 1.47 bits per heavy atom. The lowest BCUT2D eigenvalue weighted by atomic mass is 10.2. The van der Waals surface area contributed by atoms with Crippen molar-refractivity contribution < 1.29 is 27.7 Å². The van der Waals surface area contributed by atoms with Gasteiger partial charge in [0.25, 0.3) is 11.6 Å². The summed E-state index contributed by atoms with van der Waals surface area (Å²) in [5.74, 6) is -1.04. The number of hydrogen-bond donors (Lipinski definition) is 1. The van der Waals surface area contributed by atoms with E-state index in [1.165, 1.54) is 5.48 Å². The first kappa shape index (κ1) is 15.2. The zero-order chi connectivity index (χ0) is 14.6. The largest absolute Gasteiger partial charge is 0.414 e. The molecule has 104 valence electrons. The van der Waals surface area contributed by atoms with E-state index in [1.807, 2.05) is 0 Å². The third-order valence-corrected chi connectivity index (χ3v) is 2.12. The van der Waals surface area contributed by atoms with Crippen molar-refractivity contribution >= 4 is 23.2 Å². The molecule has 6 nitrogen and oxygen atoms in total. The number of nitrogens with zero attached hydrogens (tertiary/aromatic N) is 1. The number of benzene rings is 1. The van der Waals surface area contributed by atoms with Crippen LogP contribution in [0.3, 0.4) is 0 Å². The predicted octanol–water partition coefficient (Wildman–Crippen LogP) is 2.47. The van der Waals surface area contributed by atoms with Crippen LogP contribution in [0.1, 0.15) is 10.4 Å². The van der Waals surface area contributed by atoms with Gasteiger partial charge >= 0.3 is 6.18 Å². The molecule has 0 aliphatic rings. The van der Waals surface area contributed by atoms with Crippen molar-refractivity contribution in [3.8, 4) is 0 Å². The van der Waals surface area contributed by atoms with Gasteiger partial charge in [-0.25, -0.2) is 5.48 Å². The van der Waals surface area contributed by atoms with E-state index in [4.69, 9.17) is 11.6 Å². The van der Waals surface area contributed by atoms with Gasteiger partial charge in [-0.3, -0.25) is 19.7 Å². The summed E-state index contributed by atoms with van der Waals surface area (Å²) in [6.07, 6.45) is -4.59. The monoisotopic (exact) mass is 298 g/mol. The molecule has 1 rings (SSSR count). The van der Waals surface area contributed by atoms with E-state index < -0.39 is 23.6 Å². The molecule has 19 heavy (non-hydrogen) atoms. The molecule has 0 aliphatic heterocycles. The first-order valence-corrected chi connectivity index (χ1v) is 5.01. The van der Waals surface area contributed by atoms with E-state index in [0.717, 1.165) is 18.2 Å². The first-order chi connectivity index (χ1) is 8.70. The van der Waals surface area contributed by atoms with Crippen molar-refractivity contribution in [3.63, 3.8) is 0 Å². The Labute approximate surface area is 109 Å². The fourth-order valence-electron chi connectivity index (χ4n) is 1.04. The van der Waals surface area contributed by atoms with Crippen LogP contribution in [-0.2, 0) is 4.84 Å². The van der Waals surface area contributed by atoms with Crippen LogP contribution >= 0.6 is 11.6 Å². The minimum Gasteiger partial charge on any atom is -0.267 e. The molecule has 0 heterocycles. The molecule has 0 saturated carbocycles. The molecule has 1 N–H and O–H groups in total. The van der Waals surface area contributed by atoms with Crippen LogP contribution in [0.15, 0.2) is 18.2 Å². The SMILES string of the molecule is O=C(NOCC(F)(F)F)c1ccc([N+](=O)[O-])cc1Cl. The smallest absolute Gasteiger partial charge is 0.267 e. The van der Waals surface area contributed by atoms with Crippen molar-refractivity contribution in [1.82, 2.24) is 5.48 Å². The lowest BCUT2D eigenvalue weighted by Crippen LogP contribution is -2.29. The summed E-state index contributed by atoms with van der Waals surface area (Å²) in [4.78, 5) is 25.0. The molecule has 0 atom stereocenters. The number of carbonyl (C=O) groups excluding carboxylic acids is 1. The van der Waals surface area contributed by atoms with E-state index >= 15 is 0 Å².